The minimum Gasteiger partial charge on any atom is -0.508 e. The number of phenolic OH excluding ortho intramolecular Hbond substituents is 1. The number of nitrogens with two attached hydrogens (primary N) is 1. The number of aromatic hydroxyl groups is 1. The minimum atomic E-state index is -0.301. The van der Waals surface area contributed by atoms with Gasteiger partial charge in [-0.3, -0.25) is 0 Å². The molecule has 1 fully saturated rings. The van der Waals surface area contributed by atoms with Crippen molar-refractivity contribution in [2.45, 2.75) is 31.7 Å². The van der Waals surface area contributed by atoms with Gasteiger partial charge >= 0.3 is 0 Å². The molecule has 19 heavy (non-hydrogen) atoms. The SMILES string of the molecule is N[C@@H](Cc1ccc(O)cc1)c1nc(CC2CC2)no1. The number of hydrogen-bond donors (Lipinski definition) is 2. The van der Waals surface area contributed by atoms with Gasteiger partial charge in [-0.15, -0.1) is 0 Å². The summed E-state index contributed by atoms with van der Waals surface area (Å²) in [7, 11) is 0. The van der Waals surface area contributed by atoms with Crippen molar-refractivity contribution >= 4 is 0 Å². The second kappa shape index (κ2) is 5.01. The molecule has 100 valence electrons. The summed E-state index contributed by atoms with van der Waals surface area (Å²) >= 11 is 0. The molecule has 1 saturated carbocycles. The lowest BCUT2D eigenvalue weighted by atomic mass is 10.1. The van der Waals surface area contributed by atoms with Crippen LogP contribution in [-0.4, -0.2) is 15.2 Å². The summed E-state index contributed by atoms with van der Waals surface area (Å²) in [6, 6.07) is 6.68. The standard InChI is InChI=1S/C14H17N3O2/c15-12(7-9-3-5-11(18)6-4-9)14-16-13(17-19-14)8-10-1-2-10/h3-6,10,12,18H,1-2,7-8,15H2/t12-/m0/s1. The summed E-state index contributed by atoms with van der Waals surface area (Å²) in [5.74, 6) is 2.24. The molecule has 1 aliphatic rings. The van der Waals surface area contributed by atoms with E-state index in [2.05, 4.69) is 10.1 Å². The monoisotopic (exact) mass is 259 g/mol. The van der Waals surface area contributed by atoms with Crippen LogP contribution in [0.1, 0.15) is 36.2 Å². The van der Waals surface area contributed by atoms with Gasteiger partial charge in [-0.25, -0.2) is 0 Å². The van der Waals surface area contributed by atoms with Crippen LogP contribution >= 0.6 is 0 Å². The van der Waals surface area contributed by atoms with E-state index in [4.69, 9.17) is 10.3 Å². The first-order chi connectivity index (χ1) is 9.20. The molecule has 0 bridgehead atoms. The molecule has 1 atom stereocenters. The lowest BCUT2D eigenvalue weighted by molar-refractivity contribution is 0.349. The van der Waals surface area contributed by atoms with Crippen LogP contribution in [0.25, 0.3) is 0 Å². The Morgan fingerprint density at radius 1 is 1.32 bits per heavy atom. The lowest BCUT2D eigenvalue weighted by Gasteiger charge is -2.06. The average molecular weight is 259 g/mol. The quantitative estimate of drug-likeness (QED) is 0.857. The third-order valence-corrected chi connectivity index (χ3v) is 3.36. The molecule has 1 aromatic heterocycles. The van der Waals surface area contributed by atoms with Crippen molar-refractivity contribution in [3.8, 4) is 5.75 Å². The molecule has 5 heteroatoms. The zero-order chi connectivity index (χ0) is 13.2. The van der Waals surface area contributed by atoms with E-state index >= 15 is 0 Å². The van der Waals surface area contributed by atoms with Gasteiger partial charge in [-0.05, 0) is 42.9 Å². The number of rotatable bonds is 5. The van der Waals surface area contributed by atoms with Gasteiger partial charge in [-0.1, -0.05) is 17.3 Å². The zero-order valence-electron chi connectivity index (χ0n) is 10.6. The molecule has 0 amide bonds. The van der Waals surface area contributed by atoms with Gasteiger partial charge in [0.15, 0.2) is 5.82 Å². The number of phenols is 1. The van der Waals surface area contributed by atoms with E-state index < -0.39 is 0 Å². The van der Waals surface area contributed by atoms with Crippen molar-refractivity contribution in [2.75, 3.05) is 0 Å². The highest BCUT2D eigenvalue weighted by atomic mass is 16.5. The molecule has 0 spiro atoms. The highest BCUT2D eigenvalue weighted by Crippen LogP contribution is 2.32. The van der Waals surface area contributed by atoms with E-state index in [0.29, 0.717) is 12.3 Å². The number of nitrogens with zero attached hydrogens (tertiary/aromatic N) is 2. The van der Waals surface area contributed by atoms with Crippen LogP contribution in [0.5, 0.6) is 5.75 Å². The predicted molar refractivity (Wildman–Crippen MR) is 69.5 cm³/mol. The van der Waals surface area contributed by atoms with Gasteiger partial charge in [-0.2, -0.15) is 4.98 Å². The molecule has 0 radical (unpaired) electrons. The summed E-state index contributed by atoms with van der Waals surface area (Å²) in [6.45, 7) is 0. The van der Waals surface area contributed by atoms with Crippen LogP contribution in [0.3, 0.4) is 0 Å². The topological polar surface area (TPSA) is 85.2 Å². The normalized spacial score (nSPS) is 16.5. The van der Waals surface area contributed by atoms with Crippen molar-refractivity contribution < 1.29 is 9.63 Å². The molecule has 0 unspecified atom stereocenters. The van der Waals surface area contributed by atoms with Gasteiger partial charge in [0.05, 0.1) is 6.04 Å². The Labute approximate surface area is 111 Å². The van der Waals surface area contributed by atoms with Gasteiger partial charge in [0.1, 0.15) is 5.75 Å². The van der Waals surface area contributed by atoms with Crippen molar-refractivity contribution in [3.63, 3.8) is 0 Å². The van der Waals surface area contributed by atoms with Crippen molar-refractivity contribution in [1.82, 2.24) is 10.1 Å². The van der Waals surface area contributed by atoms with E-state index in [1.54, 1.807) is 12.1 Å². The van der Waals surface area contributed by atoms with E-state index in [0.717, 1.165) is 23.7 Å². The molecule has 1 heterocycles. The fraction of sp³-hybridized carbons (Fsp3) is 0.429. The molecule has 0 aliphatic heterocycles. The number of hydrogen-bond acceptors (Lipinski definition) is 5. The molecule has 1 aliphatic carbocycles. The van der Waals surface area contributed by atoms with Crippen LogP contribution in [0.15, 0.2) is 28.8 Å². The van der Waals surface area contributed by atoms with E-state index in [1.807, 2.05) is 12.1 Å². The fourth-order valence-electron chi connectivity index (χ4n) is 2.05. The second-order valence-corrected chi connectivity index (χ2v) is 5.17. The smallest absolute Gasteiger partial charge is 0.243 e. The zero-order valence-corrected chi connectivity index (χ0v) is 10.6. The predicted octanol–water partition coefficient (Wildman–Crippen LogP) is 1.97. The van der Waals surface area contributed by atoms with Crippen LogP contribution in [0, 0.1) is 5.92 Å². The Balaban J connectivity index is 1.63. The van der Waals surface area contributed by atoms with Crippen LogP contribution in [0.4, 0.5) is 0 Å². The van der Waals surface area contributed by atoms with Gasteiger partial charge in [0.2, 0.25) is 5.89 Å². The summed E-state index contributed by atoms with van der Waals surface area (Å²) in [6.07, 6.45) is 4.05. The molecule has 5 nitrogen and oxygen atoms in total. The molecular weight excluding hydrogens is 242 g/mol. The van der Waals surface area contributed by atoms with Crippen LogP contribution in [-0.2, 0) is 12.8 Å². The third kappa shape index (κ3) is 3.12. The summed E-state index contributed by atoms with van der Waals surface area (Å²) in [4.78, 5) is 4.35. The van der Waals surface area contributed by atoms with Crippen LogP contribution in [0.2, 0.25) is 0 Å². The Kier molecular flexibility index (Phi) is 3.21. The van der Waals surface area contributed by atoms with E-state index in [9.17, 15) is 5.11 Å². The maximum Gasteiger partial charge on any atom is 0.243 e. The largest absolute Gasteiger partial charge is 0.508 e. The summed E-state index contributed by atoms with van der Waals surface area (Å²) < 4.78 is 5.22. The maximum atomic E-state index is 9.23. The van der Waals surface area contributed by atoms with E-state index in [-0.39, 0.29) is 11.8 Å². The fourth-order valence-corrected chi connectivity index (χ4v) is 2.05. The number of benzene rings is 1. The summed E-state index contributed by atoms with van der Waals surface area (Å²) in [5.41, 5.74) is 7.10. The Hall–Kier alpha value is -1.88. The maximum absolute atomic E-state index is 9.23. The van der Waals surface area contributed by atoms with Gasteiger partial charge in [0, 0.05) is 6.42 Å². The molecule has 1 aromatic carbocycles. The first-order valence-corrected chi connectivity index (χ1v) is 6.56. The van der Waals surface area contributed by atoms with Gasteiger partial charge < -0.3 is 15.4 Å². The summed E-state index contributed by atoms with van der Waals surface area (Å²) in [5, 5.41) is 13.2. The van der Waals surface area contributed by atoms with Crippen LogP contribution < -0.4 is 5.73 Å². The molecule has 3 N–H and O–H groups in total. The Morgan fingerprint density at radius 2 is 2.05 bits per heavy atom. The molecule has 3 rings (SSSR count). The number of aromatic nitrogens is 2. The molecular formula is C14H17N3O2. The molecule has 2 aromatic rings. The lowest BCUT2D eigenvalue weighted by Crippen LogP contribution is -2.13. The van der Waals surface area contributed by atoms with Crippen molar-refractivity contribution in [2.24, 2.45) is 11.7 Å². The highest BCUT2D eigenvalue weighted by Gasteiger charge is 2.25. The minimum absolute atomic E-state index is 0.252. The second-order valence-electron chi connectivity index (χ2n) is 5.17. The first-order valence-electron chi connectivity index (χ1n) is 6.56. The highest BCUT2D eigenvalue weighted by molar-refractivity contribution is 5.26. The first kappa shape index (κ1) is 12.2. The molecule has 0 saturated heterocycles. The van der Waals surface area contributed by atoms with E-state index in [1.165, 1.54) is 12.8 Å². The van der Waals surface area contributed by atoms with Gasteiger partial charge in [0.25, 0.3) is 0 Å². The Bertz CT molecular complexity index is 546. The van der Waals surface area contributed by atoms with Crippen molar-refractivity contribution in [1.29, 1.82) is 0 Å². The Morgan fingerprint density at radius 3 is 2.74 bits per heavy atom. The third-order valence-electron chi connectivity index (χ3n) is 3.36. The average Bonchev–Trinajstić information content (AvgIpc) is 3.08. The van der Waals surface area contributed by atoms with Crippen molar-refractivity contribution in [3.05, 3.63) is 41.5 Å².